The van der Waals surface area contributed by atoms with Crippen LogP contribution in [0.5, 0.6) is 0 Å². The van der Waals surface area contributed by atoms with Gasteiger partial charge in [0.2, 0.25) is 0 Å². The second-order valence-electron chi connectivity index (χ2n) is 0. The van der Waals surface area contributed by atoms with E-state index in [0.29, 0.717) is 0 Å². The van der Waals surface area contributed by atoms with Gasteiger partial charge in [-0.3, -0.25) is 0 Å². The Morgan fingerprint density at radius 2 is 1.25 bits per heavy atom. The first-order chi connectivity index (χ1) is 1.00. The Bertz CT molecular complexity index is 8.00. The maximum absolute atomic E-state index is 4.15. The van der Waals surface area contributed by atoms with E-state index in [1.54, 1.807) is 0 Å². The third kappa shape index (κ3) is 8.87. The van der Waals surface area contributed by atoms with E-state index in [9.17, 15) is 0 Å². The van der Waals surface area contributed by atoms with Crippen molar-refractivity contribution in [1.82, 2.24) is 0 Å². The summed E-state index contributed by atoms with van der Waals surface area (Å²) in [5, 5.41) is 0. The van der Waals surface area contributed by atoms with Gasteiger partial charge in [-0.15, -0.1) is 0 Å². The zero-order valence-corrected chi connectivity index (χ0v) is 9.34. The first-order valence-corrected chi connectivity index (χ1v) is 3.67. The minimum absolute atomic E-state index is 0. The van der Waals surface area contributed by atoms with Gasteiger partial charge in [-0.05, 0) is 0 Å². The minimum atomic E-state index is 0. The second kappa shape index (κ2) is 18.7. The van der Waals surface area contributed by atoms with E-state index >= 15 is 0 Å². The fraction of sp³-hybridized carbons (Fsp3) is 0. The van der Waals surface area contributed by atoms with E-state index in [0.717, 1.165) is 0 Å². The molecule has 0 atom stereocenters. The van der Waals surface area contributed by atoms with Crippen LogP contribution >= 0.6 is 10.1 Å². The molecule has 0 aliphatic carbocycles. The number of hydrogen-bond acceptors (Lipinski definition) is 1. The molecule has 4 heteroatoms. The van der Waals surface area contributed by atoms with E-state index in [1.165, 1.54) is 16.8 Å². The van der Waals surface area contributed by atoms with Gasteiger partial charge in [0.1, 0.15) is 0 Å². The molecule has 4 heavy (non-hydrogen) atoms. The van der Waals surface area contributed by atoms with Crippen LogP contribution in [0.25, 0.3) is 0 Å². The molecular weight excluding hydrogens is 280 g/mol. The van der Waals surface area contributed by atoms with Crippen LogP contribution in [0.15, 0.2) is 0 Å². The van der Waals surface area contributed by atoms with Gasteiger partial charge in [0, 0.05) is 42.9 Å². The van der Waals surface area contributed by atoms with Gasteiger partial charge in [0.05, 0.1) is 0 Å². The van der Waals surface area contributed by atoms with Crippen molar-refractivity contribution in [3.05, 3.63) is 0 Å². The topological polar surface area (TPSA) is 0 Å². The molecule has 0 bridgehead atoms. The molecule has 0 aromatic rings. The van der Waals surface area contributed by atoms with E-state index in [2.05, 4.69) is 10.1 Å². The third-order valence-electron chi connectivity index (χ3n) is 0. The van der Waals surface area contributed by atoms with Crippen molar-refractivity contribution in [3.8, 4) is 0 Å². The van der Waals surface area contributed by atoms with Gasteiger partial charge in [-0.25, -0.2) is 0 Å². The zero-order valence-electron chi connectivity index (χ0n) is 1.86. The van der Waals surface area contributed by atoms with Crippen molar-refractivity contribution in [2.45, 2.75) is 0 Å². The van der Waals surface area contributed by atoms with Crippen LogP contribution in [0.4, 0.5) is 0 Å². The molecule has 0 unspecified atom stereocenters. The summed E-state index contributed by atoms with van der Waals surface area (Å²) < 4.78 is 0. The molecule has 0 rings (SSSR count). The molecule has 0 saturated heterocycles. The molecule has 0 heterocycles. The fourth-order valence-corrected chi connectivity index (χ4v) is 0. The summed E-state index contributed by atoms with van der Waals surface area (Å²) in [7, 11) is 4.15. The maximum atomic E-state index is 4.15. The average Bonchev–Trinajstić information content (AvgIpc) is 1.00. The molecule has 23 valence electrons. The van der Waals surface area contributed by atoms with Crippen LogP contribution in [0.1, 0.15) is 0 Å². The summed E-state index contributed by atoms with van der Waals surface area (Å²) in [6, 6.07) is 0. The summed E-state index contributed by atoms with van der Waals surface area (Å²) in [5.74, 6) is 0. The van der Waals surface area contributed by atoms with E-state index in [4.69, 9.17) is 0 Å². The van der Waals surface area contributed by atoms with Crippen LogP contribution in [0.3, 0.4) is 0 Å². The van der Waals surface area contributed by atoms with Crippen LogP contribution in [-0.4, -0.2) is 42.7 Å². The first kappa shape index (κ1) is 16.3. The summed E-state index contributed by atoms with van der Waals surface area (Å²) in [6.07, 6.45) is 0. The zero-order chi connectivity index (χ0) is 2.00. The van der Waals surface area contributed by atoms with Gasteiger partial charge < -0.3 is 0 Å². The molecule has 0 fully saturated rings. The van der Waals surface area contributed by atoms with Crippen molar-refractivity contribution >= 4 is 52.7 Å². The van der Waals surface area contributed by atoms with Gasteiger partial charge in [0.15, 0.2) is 0 Å². The summed E-state index contributed by atoms with van der Waals surface area (Å²) in [6.45, 7) is 0. The summed E-state index contributed by atoms with van der Waals surface area (Å²) in [4.78, 5) is 0. The molecule has 0 amide bonds. The van der Waals surface area contributed by atoms with Gasteiger partial charge >= 0.3 is 26.9 Å². The van der Waals surface area contributed by atoms with E-state index < -0.39 is 0 Å². The second-order valence-corrected chi connectivity index (χ2v) is 0. The summed E-state index contributed by atoms with van der Waals surface area (Å²) in [5.41, 5.74) is 0. The summed E-state index contributed by atoms with van der Waals surface area (Å²) >= 11 is 1.27. The van der Waals surface area contributed by atoms with Crippen molar-refractivity contribution in [2.24, 2.45) is 0 Å². The van der Waals surface area contributed by atoms with Gasteiger partial charge in [-0.2, -0.15) is 0 Å². The van der Waals surface area contributed by atoms with Crippen LogP contribution in [0.2, 0.25) is 0 Å². The van der Waals surface area contributed by atoms with Gasteiger partial charge in [-0.1, -0.05) is 0 Å². The van der Waals surface area contributed by atoms with E-state index in [1.807, 2.05) is 0 Å². The van der Waals surface area contributed by atoms with Crippen molar-refractivity contribution in [2.75, 3.05) is 0 Å². The van der Waals surface area contributed by atoms with Crippen molar-refractivity contribution in [1.29, 1.82) is 0 Å². The molecular formula is CuGaInS. The molecule has 5 radical (unpaired) electrons. The predicted molar refractivity (Wildman–Crippen MR) is 19.1 cm³/mol. The average molecular weight is 280 g/mol. The molecule has 0 aliphatic rings. The van der Waals surface area contributed by atoms with Crippen LogP contribution in [-0.2, 0) is 17.1 Å². The molecule has 0 nitrogen and oxygen atoms in total. The molecule has 0 aliphatic heterocycles. The fourth-order valence-electron chi connectivity index (χ4n) is 0. The SMILES string of the molecule is [Cu].[In].[S]=[Ga]. The Morgan fingerprint density at radius 3 is 1.25 bits per heavy atom. The van der Waals surface area contributed by atoms with E-state index in [-0.39, 0.29) is 42.9 Å². The normalized spacial score (nSPS) is 0.750. The van der Waals surface area contributed by atoms with Gasteiger partial charge in [0.25, 0.3) is 0 Å². The molecule has 0 saturated carbocycles. The van der Waals surface area contributed by atoms with Crippen molar-refractivity contribution < 1.29 is 17.1 Å². The first-order valence-electron chi connectivity index (χ1n) is 0.236. The monoisotopic (exact) mass is 279 g/mol. The van der Waals surface area contributed by atoms with Crippen LogP contribution in [0, 0.1) is 0 Å². The Labute approximate surface area is 68.9 Å². The standard InChI is InChI=1S/Cu.Ga.In.S. The predicted octanol–water partition coefficient (Wildman–Crippen LogP) is -0.116. The molecule has 0 N–H and O–H groups in total. The third-order valence-corrected chi connectivity index (χ3v) is 0. The quantitative estimate of drug-likeness (QED) is 0.558. The Hall–Kier alpha value is 2.25. The Kier molecular flexibility index (Phi) is 76.5. The van der Waals surface area contributed by atoms with Crippen LogP contribution < -0.4 is 0 Å². The number of hydrogen-bond donors (Lipinski definition) is 0. The molecule has 0 spiro atoms. The Morgan fingerprint density at radius 1 is 1.25 bits per heavy atom. The Balaban J connectivity index is -0.00000000500. The van der Waals surface area contributed by atoms with Crippen molar-refractivity contribution in [3.63, 3.8) is 0 Å². The molecule has 0 aromatic carbocycles. The number of rotatable bonds is 0. The molecule has 0 aromatic heterocycles.